The van der Waals surface area contributed by atoms with Gasteiger partial charge < -0.3 is 15.5 Å². The summed E-state index contributed by atoms with van der Waals surface area (Å²) in [6.07, 6.45) is 6.60. The maximum absolute atomic E-state index is 13.0. The van der Waals surface area contributed by atoms with Crippen molar-refractivity contribution in [2.45, 2.75) is 77.8 Å². The molecule has 0 bridgehead atoms. The Labute approximate surface area is 207 Å². The first kappa shape index (κ1) is 25.3. The number of likely N-dealkylation sites (tertiary alicyclic amines) is 2. The lowest BCUT2D eigenvalue weighted by Crippen LogP contribution is -2.52. The van der Waals surface area contributed by atoms with E-state index < -0.39 is 6.04 Å². The molecule has 1 amide bonds. The number of carbonyl (C=O) groups excluding carboxylic acids is 1. The summed E-state index contributed by atoms with van der Waals surface area (Å²) in [5, 5.41) is 15.5. The lowest BCUT2D eigenvalue weighted by molar-refractivity contribution is -0.134. The number of piperidine rings is 2. The lowest BCUT2D eigenvalue weighted by atomic mass is 9.92. The molecule has 3 aromatic rings. The van der Waals surface area contributed by atoms with Crippen LogP contribution in [0, 0.1) is 13.8 Å². The van der Waals surface area contributed by atoms with Crippen LogP contribution in [0.1, 0.15) is 68.2 Å². The zero-order chi connectivity index (χ0) is 24.9. The number of benzene rings is 1. The molecule has 0 aliphatic carbocycles. The van der Waals surface area contributed by atoms with Gasteiger partial charge in [0.25, 0.3) is 0 Å². The Morgan fingerprint density at radius 3 is 2.46 bits per heavy atom. The predicted molar refractivity (Wildman–Crippen MR) is 138 cm³/mol. The van der Waals surface area contributed by atoms with E-state index in [1.54, 1.807) is 0 Å². The third-order valence-electron chi connectivity index (χ3n) is 7.38. The van der Waals surface area contributed by atoms with E-state index in [0.717, 1.165) is 85.5 Å². The van der Waals surface area contributed by atoms with Gasteiger partial charge in [-0.25, -0.2) is 4.98 Å². The van der Waals surface area contributed by atoms with Gasteiger partial charge in [0, 0.05) is 30.4 Å². The van der Waals surface area contributed by atoms with Crippen molar-refractivity contribution in [1.29, 1.82) is 0 Å². The van der Waals surface area contributed by atoms with Crippen LogP contribution in [-0.2, 0) is 11.2 Å². The van der Waals surface area contributed by atoms with E-state index in [-0.39, 0.29) is 5.91 Å². The molecule has 4 N–H and O–H groups in total. The molecule has 5 rings (SSSR count). The second kappa shape index (κ2) is 11.3. The second-order valence-corrected chi connectivity index (χ2v) is 9.70. The fourth-order valence-electron chi connectivity index (χ4n) is 5.52. The molecular formula is C26H40N8O. The van der Waals surface area contributed by atoms with Gasteiger partial charge in [-0.1, -0.05) is 19.9 Å². The monoisotopic (exact) mass is 480 g/mol. The highest BCUT2D eigenvalue weighted by Gasteiger charge is 2.32. The topological polar surface area (TPSA) is 120 Å². The summed E-state index contributed by atoms with van der Waals surface area (Å²) < 4.78 is 0. The molecule has 1 unspecified atom stereocenters. The van der Waals surface area contributed by atoms with E-state index in [1.807, 2.05) is 31.9 Å². The first-order valence-electron chi connectivity index (χ1n) is 13.1. The van der Waals surface area contributed by atoms with Crippen molar-refractivity contribution in [3.05, 3.63) is 41.1 Å². The van der Waals surface area contributed by atoms with Gasteiger partial charge in [-0.15, -0.1) is 0 Å². The Balaban J connectivity index is 0.00000141. The van der Waals surface area contributed by atoms with Crippen LogP contribution in [0.2, 0.25) is 0 Å². The van der Waals surface area contributed by atoms with Crippen LogP contribution in [0.3, 0.4) is 0 Å². The van der Waals surface area contributed by atoms with Crippen molar-refractivity contribution < 1.29 is 4.79 Å². The van der Waals surface area contributed by atoms with Crippen LogP contribution < -0.4 is 5.73 Å². The van der Waals surface area contributed by atoms with Crippen molar-refractivity contribution in [1.82, 2.24) is 35.2 Å². The van der Waals surface area contributed by atoms with E-state index in [4.69, 9.17) is 5.73 Å². The largest absolute Gasteiger partial charge is 0.341 e. The van der Waals surface area contributed by atoms with Crippen molar-refractivity contribution in [2.75, 3.05) is 26.2 Å². The van der Waals surface area contributed by atoms with Crippen molar-refractivity contribution >= 4 is 16.8 Å². The van der Waals surface area contributed by atoms with E-state index in [0.29, 0.717) is 18.4 Å². The van der Waals surface area contributed by atoms with E-state index >= 15 is 0 Å². The Morgan fingerprint density at radius 2 is 1.80 bits per heavy atom. The molecule has 190 valence electrons. The minimum Gasteiger partial charge on any atom is -0.341 e. The number of rotatable bonds is 5. The number of nitrogens with zero attached hydrogens (tertiary/aromatic N) is 5. The highest BCUT2D eigenvalue weighted by atomic mass is 16.2. The molecule has 2 fully saturated rings. The number of hydrogen-bond acceptors (Lipinski definition) is 6. The highest BCUT2D eigenvalue weighted by Crippen LogP contribution is 2.29. The minimum atomic E-state index is -0.508. The molecule has 2 aliphatic heterocycles. The smallest absolute Gasteiger partial charge is 0.239 e. The number of amides is 1. The maximum Gasteiger partial charge on any atom is 0.239 e. The number of nitrogens with two attached hydrogens (primary N) is 1. The fourth-order valence-corrected chi connectivity index (χ4v) is 5.52. The quantitative estimate of drug-likeness (QED) is 0.516. The molecule has 2 saturated heterocycles. The third-order valence-corrected chi connectivity index (χ3v) is 7.38. The Morgan fingerprint density at radius 1 is 1.09 bits per heavy atom. The Kier molecular flexibility index (Phi) is 8.18. The third kappa shape index (κ3) is 5.73. The van der Waals surface area contributed by atoms with E-state index in [2.05, 4.69) is 49.3 Å². The van der Waals surface area contributed by atoms with Crippen LogP contribution in [0.4, 0.5) is 0 Å². The zero-order valence-corrected chi connectivity index (χ0v) is 21.5. The number of aromatic nitrogens is 5. The molecule has 9 nitrogen and oxygen atoms in total. The SMILES string of the molecule is CC.Cc1nc(C2CCN(C3CCN(C(=O)C(N)Cc4cc(C)c5[nH]ncc5c4)CC3)CC2)n[nH]1. The molecule has 0 spiro atoms. The number of H-pyrrole nitrogens is 2. The first-order valence-corrected chi connectivity index (χ1v) is 13.1. The van der Waals surface area contributed by atoms with Crippen LogP contribution in [0.5, 0.6) is 0 Å². The van der Waals surface area contributed by atoms with Gasteiger partial charge in [0.1, 0.15) is 5.82 Å². The molecule has 0 saturated carbocycles. The molecule has 2 aromatic heterocycles. The average Bonchev–Trinajstić information content (AvgIpc) is 3.54. The molecule has 4 heterocycles. The van der Waals surface area contributed by atoms with Crippen molar-refractivity contribution in [3.63, 3.8) is 0 Å². The van der Waals surface area contributed by atoms with Gasteiger partial charge >= 0.3 is 0 Å². The summed E-state index contributed by atoms with van der Waals surface area (Å²) in [4.78, 5) is 22.1. The summed E-state index contributed by atoms with van der Waals surface area (Å²) in [6.45, 7) is 11.7. The van der Waals surface area contributed by atoms with Gasteiger partial charge in [0.15, 0.2) is 5.82 Å². The molecular weight excluding hydrogens is 440 g/mol. The summed E-state index contributed by atoms with van der Waals surface area (Å²) in [7, 11) is 0. The average molecular weight is 481 g/mol. The van der Waals surface area contributed by atoms with E-state index in [1.165, 1.54) is 0 Å². The van der Waals surface area contributed by atoms with Gasteiger partial charge in [-0.3, -0.25) is 15.0 Å². The number of aromatic amines is 2. The Hall–Kier alpha value is -2.78. The van der Waals surface area contributed by atoms with Gasteiger partial charge in [0.2, 0.25) is 5.91 Å². The number of aryl methyl sites for hydroxylation is 2. The van der Waals surface area contributed by atoms with Crippen LogP contribution >= 0.6 is 0 Å². The molecule has 1 aromatic carbocycles. The standard InChI is InChI=1S/C24H34N8O.C2H6/c1-15-11-17(12-19-14-26-29-22(15)19)13-21(25)24(33)32-9-5-20(6-10-32)31-7-3-18(4-8-31)23-27-16(2)28-30-23;1-2/h11-12,14,18,20-21H,3-10,13,25H2,1-2H3,(H,26,29)(H,27,28,30);1-2H3. The second-order valence-electron chi connectivity index (χ2n) is 9.70. The maximum atomic E-state index is 13.0. The number of hydrogen-bond donors (Lipinski definition) is 3. The fraction of sp³-hybridized carbons (Fsp3) is 0.615. The first-order chi connectivity index (χ1) is 17.0. The lowest BCUT2D eigenvalue weighted by Gasteiger charge is -2.41. The van der Waals surface area contributed by atoms with Crippen molar-refractivity contribution in [3.8, 4) is 0 Å². The molecule has 2 aliphatic rings. The van der Waals surface area contributed by atoms with Gasteiger partial charge in [-0.05, 0) is 76.2 Å². The summed E-state index contributed by atoms with van der Waals surface area (Å²) in [5.41, 5.74) is 9.61. The predicted octanol–water partition coefficient (Wildman–Crippen LogP) is 3.06. The van der Waals surface area contributed by atoms with E-state index in [9.17, 15) is 4.79 Å². The zero-order valence-electron chi connectivity index (χ0n) is 21.5. The number of carbonyl (C=O) groups is 1. The van der Waals surface area contributed by atoms with Gasteiger partial charge in [0.05, 0.1) is 17.8 Å². The van der Waals surface area contributed by atoms with Crippen molar-refractivity contribution in [2.24, 2.45) is 5.73 Å². The molecule has 9 heteroatoms. The molecule has 35 heavy (non-hydrogen) atoms. The highest BCUT2D eigenvalue weighted by molar-refractivity contribution is 5.84. The van der Waals surface area contributed by atoms with Crippen LogP contribution in [0.25, 0.3) is 10.9 Å². The van der Waals surface area contributed by atoms with Crippen LogP contribution in [0.15, 0.2) is 18.3 Å². The Bertz CT molecular complexity index is 1110. The van der Waals surface area contributed by atoms with Crippen LogP contribution in [-0.4, -0.2) is 79.3 Å². The minimum absolute atomic E-state index is 0.0667. The molecule has 1 atom stereocenters. The summed E-state index contributed by atoms with van der Waals surface area (Å²) >= 11 is 0. The summed E-state index contributed by atoms with van der Waals surface area (Å²) in [6, 6.07) is 4.22. The normalized spacial score (nSPS) is 18.9. The number of fused-ring (bicyclic) bond motifs is 1. The summed E-state index contributed by atoms with van der Waals surface area (Å²) in [5.74, 6) is 2.37. The number of nitrogens with one attached hydrogen (secondary N) is 2. The molecule has 0 radical (unpaired) electrons. The van der Waals surface area contributed by atoms with Gasteiger partial charge in [-0.2, -0.15) is 10.2 Å².